The smallest absolute Gasteiger partial charge is 0.248 e. The minimum atomic E-state index is -0.0591. The van der Waals surface area contributed by atoms with Crippen molar-refractivity contribution in [3.05, 3.63) is 36.5 Å². The zero-order chi connectivity index (χ0) is 21.9. The lowest BCUT2D eigenvalue weighted by molar-refractivity contribution is -0.126. The molecule has 1 unspecified atom stereocenters. The van der Waals surface area contributed by atoms with Crippen LogP contribution in [0.1, 0.15) is 59.3 Å². The highest BCUT2D eigenvalue weighted by Gasteiger charge is 2.19. The summed E-state index contributed by atoms with van der Waals surface area (Å²) in [5, 5.41) is 0. The van der Waals surface area contributed by atoms with E-state index in [1.165, 1.54) is 0 Å². The fourth-order valence-corrected chi connectivity index (χ4v) is 3.10. The van der Waals surface area contributed by atoms with E-state index in [0.29, 0.717) is 29.8 Å². The SMILES string of the molecule is C=C(C)C(=O)C(CCCCCN(C)C(=O)C(=C)C)CCCN(C)C(=O)C(=C)C. The third kappa shape index (κ3) is 9.67. The Balaban J connectivity index is 4.40. The minimum Gasteiger partial charge on any atom is -0.342 e. The first-order chi connectivity index (χ1) is 13.0. The summed E-state index contributed by atoms with van der Waals surface area (Å²) in [5.41, 5.74) is 1.65. The quantitative estimate of drug-likeness (QED) is 0.331. The van der Waals surface area contributed by atoms with E-state index in [0.717, 1.165) is 38.5 Å². The van der Waals surface area contributed by atoms with Gasteiger partial charge < -0.3 is 9.80 Å². The standard InChI is InChI=1S/C23H38N2O3/c1-17(2)21(26)20(14-12-16-25(8)23(28)19(5)6)13-10-9-11-15-24(7)22(27)18(3)4/h20H,1,3,5,9-16H2,2,4,6-8H3. The van der Waals surface area contributed by atoms with Crippen molar-refractivity contribution in [1.29, 1.82) is 0 Å². The maximum atomic E-state index is 12.4. The number of hydrogen-bond acceptors (Lipinski definition) is 3. The fourth-order valence-electron chi connectivity index (χ4n) is 3.10. The molecule has 0 aromatic carbocycles. The van der Waals surface area contributed by atoms with Crippen molar-refractivity contribution >= 4 is 17.6 Å². The second-order valence-electron chi connectivity index (χ2n) is 7.85. The molecule has 0 radical (unpaired) electrons. The Labute approximate surface area is 171 Å². The number of ketones is 1. The molecule has 158 valence electrons. The Hall–Kier alpha value is -2.17. The van der Waals surface area contributed by atoms with Gasteiger partial charge in [-0.2, -0.15) is 0 Å². The van der Waals surface area contributed by atoms with Gasteiger partial charge in [0.25, 0.3) is 0 Å². The number of carbonyl (C=O) groups is 3. The normalized spacial score (nSPS) is 11.5. The maximum absolute atomic E-state index is 12.4. The van der Waals surface area contributed by atoms with Crippen LogP contribution < -0.4 is 0 Å². The van der Waals surface area contributed by atoms with Crippen molar-refractivity contribution in [2.24, 2.45) is 5.92 Å². The van der Waals surface area contributed by atoms with Crippen molar-refractivity contribution in [3.63, 3.8) is 0 Å². The molecule has 2 amide bonds. The van der Waals surface area contributed by atoms with E-state index in [2.05, 4.69) is 19.7 Å². The summed E-state index contributed by atoms with van der Waals surface area (Å²) in [7, 11) is 3.54. The van der Waals surface area contributed by atoms with E-state index in [9.17, 15) is 14.4 Å². The van der Waals surface area contributed by atoms with Crippen molar-refractivity contribution < 1.29 is 14.4 Å². The van der Waals surface area contributed by atoms with E-state index in [-0.39, 0.29) is 23.5 Å². The van der Waals surface area contributed by atoms with Crippen LogP contribution >= 0.6 is 0 Å². The molecule has 28 heavy (non-hydrogen) atoms. The van der Waals surface area contributed by atoms with Crippen LogP contribution in [0.5, 0.6) is 0 Å². The average Bonchev–Trinajstić information content (AvgIpc) is 2.63. The summed E-state index contributed by atoms with van der Waals surface area (Å²) in [6, 6.07) is 0. The third-order valence-corrected chi connectivity index (χ3v) is 4.81. The van der Waals surface area contributed by atoms with Gasteiger partial charge in [0.15, 0.2) is 5.78 Å². The molecular weight excluding hydrogens is 352 g/mol. The molecule has 0 bridgehead atoms. The molecule has 0 N–H and O–H groups in total. The van der Waals surface area contributed by atoms with Gasteiger partial charge in [-0.3, -0.25) is 14.4 Å². The van der Waals surface area contributed by atoms with Crippen LogP contribution in [0.2, 0.25) is 0 Å². The molecule has 1 atom stereocenters. The predicted molar refractivity (Wildman–Crippen MR) is 116 cm³/mol. The molecule has 0 aromatic rings. The van der Waals surface area contributed by atoms with E-state index in [1.54, 1.807) is 44.7 Å². The third-order valence-electron chi connectivity index (χ3n) is 4.81. The highest BCUT2D eigenvalue weighted by atomic mass is 16.2. The van der Waals surface area contributed by atoms with Crippen molar-refractivity contribution in [2.45, 2.75) is 59.3 Å². The number of hydrogen-bond donors (Lipinski definition) is 0. The van der Waals surface area contributed by atoms with E-state index >= 15 is 0 Å². The average molecular weight is 391 g/mol. The van der Waals surface area contributed by atoms with Gasteiger partial charge in [0, 0.05) is 44.2 Å². The number of amides is 2. The summed E-state index contributed by atoms with van der Waals surface area (Å²) >= 11 is 0. The number of unbranched alkanes of at least 4 members (excludes halogenated alkanes) is 2. The lowest BCUT2D eigenvalue weighted by Crippen LogP contribution is -2.29. The van der Waals surface area contributed by atoms with Gasteiger partial charge in [0.05, 0.1) is 0 Å². The van der Waals surface area contributed by atoms with Crippen LogP contribution in [0, 0.1) is 5.92 Å². The van der Waals surface area contributed by atoms with Gasteiger partial charge in [-0.05, 0) is 52.0 Å². The van der Waals surface area contributed by atoms with Gasteiger partial charge >= 0.3 is 0 Å². The molecule has 5 heteroatoms. The molecule has 0 aromatic heterocycles. The molecule has 0 aliphatic carbocycles. The highest BCUT2D eigenvalue weighted by molar-refractivity contribution is 5.96. The van der Waals surface area contributed by atoms with Crippen LogP contribution in [0.25, 0.3) is 0 Å². The molecule has 0 rings (SSSR count). The summed E-state index contributed by atoms with van der Waals surface area (Å²) in [6.07, 6.45) is 5.12. The van der Waals surface area contributed by atoms with Gasteiger partial charge in [0.2, 0.25) is 11.8 Å². The first-order valence-corrected chi connectivity index (χ1v) is 10.0. The Morgan fingerprint density at radius 3 is 1.54 bits per heavy atom. The zero-order valence-electron chi connectivity index (χ0n) is 18.5. The lowest BCUT2D eigenvalue weighted by atomic mass is 9.89. The lowest BCUT2D eigenvalue weighted by Gasteiger charge is -2.20. The topological polar surface area (TPSA) is 57.7 Å². The van der Waals surface area contributed by atoms with Gasteiger partial charge in [-0.15, -0.1) is 0 Å². The molecule has 0 aliphatic rings. The van der Waals surface area contributed by atoms with Crippen LogP contribution in [0.3, 0.4) is 0 Å². The molecule has 0 spiro atoms. The van der Waals surface area contributed by atoms with Crippen LogP contribution in [0.15, 0.2) is 36.5 Å². The second-order valence-corrected chi connectivity index (χ2v) is 7.85. The number of Topliss-reactive ketones (excluding diaryl/α,β-unsaturated/α-hetero) is 1. The Kier molecular flexibility index (Phi) is 12.1. The molecule has 5 nitrogen and oxygen atoms in total. The summed E-state index contributed by atoms with van der Waals surface area (Å²) < 4.78 is 0. The molecule has 0 aliphatic heterocycles. The Morgan fingerprint density at radius 1 is 0.679 bits per heavy atom. The van der Waals surface area contributed by atoms with Crippen LogP contribution in [-0.4, -0.2) is 54.6 Å². The first-order valence-electron chi connectivity index (χ1n) is 10.0. The van der Waals surface area contributed by atoms with Crippen molar-refractivity contribution in [3.8, 4) is 0 Å². The monoisotopic (exact) mass is 390 g/mol. The van der Waals surface area contributed by atoms with Gasteiger partial charge in [0.1, 0.15) is 0 Å². The fraction of sp³-hybridized carbons (Fsp3) is 0.609. The van der Waals surface area contributed by atoms with Crippen LogP contribution in [0.4, 0.5) is 0 Å². The number of allylic oxidation sites excluding steroid dienone is 1. The van der Waals surface area contributed by atoms with Crippen molar-refractivity contribution in [1.82, 2.24) is 9.80 Å². The van der Waals surface area contributed by atoms with Gasteiger partial charge in [-0.25, -0.2) is 0 Å². The highest BCUT2D eigenvalue weighted by Crippen LogP contribution is 2.20. The van der Waals surface area contributed by atoms with E-state index < -0.39 is 0 Å². The molecule has 0 saturated heterocycles. The summed E-state index contributed by atoms with van der Waals surface area (Å²) in [4.78, 5) is 39.4. The van der Waals surface area contributed by atoms with E-state index in [4.69, 9.17) is 0 Å². The van der Waals surface area contributed by atoms with Crippen molar-refractivity contribution in [2.75, 3.05) is 27.2 Å². The number of nitrogens with zero attached hydrogens (tertiary/aromatic N) is 2. The molecule has 0 saturated carbocycles. The Morgan fingerprint density at radius 2 is 1.11 bits per heavy atom. The number of carbonyl (C=O) groups excluding carboxylic acids is 3. The summed E-state index contributed by atoms with van der Waals surface area (Å²) in [5.74, 6) is -0.0240. The van der Waals surface area contributed by atoms with E-state index in [1.807, 2.05) is 0 Å². The van der Waals surface area contributed by atoms with Crippen LogP contribution in [-0.2, 0) is 14.4 Å². The van der Waals surface area contributed by atoms with Gasteiger partial charge in [-0.1, -0.05) is 32.6 Å². The predicted octanol–water partition coefficient (Wildman–Crippen LogP) is 4.16. The minimum absolute atomic E-state index is 0.0243. The maximum Gasteiger partial charge on any atom is 0.248 e. The number of rotatable bonds is 14. The zero-order valence-corrected chi connectivity index (χ0v) is 18.5. The largest absolute Gasteiger partial charge is 0.342 e. The Bertz CT molecular complexity index is 607. The summed E-state index contributed by atoms with van der Waals surface area (Å²) in [6.45, 7) is 17.6. The molecular formula is C23H38N2O3. The molecule has 0 fully saturated rings. The molecule has 0 heterocycles. The number of likely N-dealkylation sites (N-methyl/N-ethyl adjacent to an activating group) is 2. The first kappa shape index (κ1) is 25.8. The second kappa shape index (κ2) is 13.1.